The minimum Gasteiger partial charge on any atom is -0.469 e. The molecule has 0 radical (unpaired) electrons. The van der Waals surface area contributed by atoms with Gasteiger partial charge in [0, 0.05) is 12.3 Å². The van der Waals surface area contributed by atoms with E-state index in [1.807, 2.05) is 0 Å². The number of fused-ring (bicyclic) bond motifs is 7. The van der Waals surface area contributed by atoms with Gasteiger partial charge in [-0.15, -0.1) is 0 Å². The fourth-order valence-corrected chi connectivity index (χ4v) is 17.0. The molecule has 14 N–H and O–H groups in total. The van der Waals surface area contributed by atoms with E-state index in [-0.39, 0.29) is 48.0 Å². The predicted molar refractivity (Wildman–Crippen MR) is 281 cm³/mol. The smallest absolute Gasteiger partial charge is 0.309 e. The summed E-state index contributed by atoms with van der Waals surface area (Å²) in [6, 6.07) is 0. The second kappa shape index (κ2) is 25.6. The molecule has 0 aromatic heterocycles. The molecular weight excluding hydrogens is 1130 g/mol. The van der Waals surface area contributed by atoms with Crippen LogP contribution >= 0.6 is 0 Å². The van der Waals surface area contributed by atoms with E-state index in [1.54, 1.807) is 0 Å². The summed E-state index contributed by atoms with van der Waals surface area (Å²) < 4.78 is 71.3. The van der Waals surface area contributed by atoms with Gasteiger partial charge >= 0.3 is 11.9 Å². The lowest BCUT2D eigenvalue weighted by molar-refractivity contribution is -0.404. The Morgan fingerprint density at radius 2 is 1.19 bits per heavy atom. The highest BCUT2D eigenvalue weighted by Gasteiger charge is 2.71. The first-order valence-corrected chi connectivity index (χ1v) is 30.3. The molecular formula is C57H92O28. The van der Waals surface area contributed by atoms with Crippen molar-refractivity contribution in [3.63, 3.8) is 0 Å². The summed E-state index contributed by atoms with van der Waals surface area (Å²) in [6.45, 7) is 7.40. The van der Waals surface area contributed by atoms with E-state index in [2.05, 4.69) is 32.4 Å². The standard InChI is InChI=1S/C57H92O28/c1-22-7-10-57(76-20-22)23(2)38-31(85-57)12-26-24-11-28(61)27-13-30(29(62)14-56(27,5)25(24)8-9-55(26,38)4)78-51-46(72)43(69)47(34(19-60)81-51)82-53-49(84-52-45(71)42(68)39(65)32(17-58)79-52)48(41(67)33(18-59)80-53)83-50-44(70)40(66)35(21-75-50)77-37(64)16-54(3,73)15-36(63)74-6/h22-35,38-53,58-62,65-73H,7-21H2,1-6H3. The molecule has 28 heteroatoms. The first-order chi connectivity index (χ1) is 40.1. The zero-order valence-corrected chi connectivity index (χ0v) is 48.9. The molecule has 0 aromatic rings. The topological polar surface area (TPSA) is 428 Å². The Bertz CT molecular complexity index is 2270. The highest BCUT2D eigenvalue weighted by atomic mass is 16.8. The van der Waals surface area contributed by atoms with Crippen LogP contribution in [0.4, 0.5) is 0 Å². The molecule has 0 amide bonds. The van der Waals surface area contributed by atoms with Crippen LogP contribution in [0, 0.1) is 52.3 Å². The van der Waals surface area contributed by atoms with Gasteiger partial charge in [-0.25, -0.2) is 0 Å². The van der Waals surface area contributed by atoms with E-state index in [9.17, 15) is 81.1 Å². The molecule has 6 aliphatic heterocycles. The molecule has 488 valence electrons. The molecule has 34 atom stereocenters. The summed E-state index contributed by atoms with van der Waals surface area (Å²) in [5.41, 5.74) is -2.45. The van der Waals surface area contributed by atoms with Crippen molar-refractivity contribution in [2.24, 2.45) is 52.3 Å². The van der Waals surface area contributed by atoms with E-state index >= 15 is 0 Å². The summed E-state index contributed by atoms with van der Waals surface area (Å²) in [4.78, 5) is 24.6. The lowest BCUT2D eigenvalue weighted by Gasteiger charge is -2.63. The number of ether oxygens (including phenoxy) is 12. The largest absolute Gasteiger partial charge is 0.469 e. The van der Waals surface area contributed by atoms with E-state index in [0.29, 0.717) is 30.8 Å². The third kappa shape index (κ3) is 12.2. The van der Waals surface area contributed by atoms with Crippen molar-refractivity contribution in [3.05, 3.63) is 0 Å². The molecule has 85 heavy (non-hydrogen) atoms. The van der Waals surface area contributed by atoms with Crippen molar-refractivity contribution in [2.45, 2.75) is 251 Å². The molecule has 4 aliphatic carbocycles. The van der Waals surface area contributed by atoms with Crippen molar-refractivity contribution in [3.8, 4) is 0 Å². The average Bonchev–Trinajstić information content (AvgIpc) is 1.61. The number of carbonyl (C=O) groups is 2. The van der Waals surface area contributed by atoms with Crippen molar-refractivity contribution >= 4 is 11.9 Å². The zero-order valence-electron chi connectivity index (χ0n) is 48.9. The number of hydrogen-bond donors (Lipinski definition) is 14. The number of esters is 2. The Hall–Kier alpha value is -2.02. The molecule has 4 saturated carbocycles. The van der Waals surface area contributed by atoms with Crippen LogP contribution in [0.2, 0.25) is 0 Å². The number of aliphatic hydroxyl groups is 14. The van der Waals surface area contributed by atoms with Crippen LogP contribution in [0.25, 0.3) is 0 Å². The van der Waals surface area contributed by atoms with Gasteiger partial charge in [-0.1, -0.05) is 27.7 Å². The fraction of sp³-hybridized carbons (Fsp3) is 0.965. The number of aliphatic hydroxyl groups excluding tert-OH is 13. The van der Waals surface area contributed by atoms with Gasteiger partial charge in [0.1, 0.15) is 85.5 Å². The first-order valence-electron chi connectivity index (χ1n) is 30.3. The summed E-state index contributed by atoms with van der Waals surface area (Å²) in [5, 5.41) is 157. The summed E-state index contributed by atoms with van der Waals surface area (Å²) >= 11 is 0. The molecule has 10 fully saturated rings. The fourth-order valence-electron chi connectivity index (χ4n) is 17.0. The number of methoxy groups -OCH3 is 1. The summed E-state index contributed by atoms with van der Waals surface area (Å²) in [5.74, 6) is -1.14. The van der Waals surface area contributed by atoms with Crippen LogP contribution < -0.4 is 0 Å². The van der Waals surface area contributed by atoms with E-state index in [1.165, 1.54) is 6.92 Å². The molecule has 28 nitrogen and oxygen atoms in total. The SMILES string of the molecule is COC(=O)CC(C)(O)CC(=O)OC1COC(OC2C(O)C(CO)OC(OC3C(CO)OC(OC4CC5C(O)CC6C(CCC7(C)C6CC6OC8(CCC(C)CO8)C(C)C67)C5(C)CC4O)C(O)C3O)C2OC2OC(CO)C(O)C(O)C2O)C(O)C1O. The van der Waals surface area contributed by atoms with Gasteiger partial charge in [0.25, 0.3) is 0 Å². The molecule has 0 bridgehead atoms. The maximum atomic E-state index is 12.8. The quantitative estimate of drug-likeness (QED) is 0.0516. The molecule has 10 aliphatic rings. The van der Waals surface area contributed by atoms with Crippen molar-refractivity contribution in [1.82, 2.24) is 0 Å². The average molecular weight is 1230 g/mol. The zero-order chi connectivity index (χ0) is 61.6. The maximum Gasteiger partial charge on any atom is 0.309 e. The van der Waals surface area contributed by atoms with Crippen molar-refractivity contribution in [2.75, 3.05) is 40.1 Å². The molecule has 6 saturated heterocycles. The van der Waals surface area contributed by atoms with Gasteiger partial charge < -0.3 is 128 Å². The Morgan fingerprint density at radius 1 is 0.576 bits per heavy atom. The molecule has 34 unspecified atom stereocenters. The van der Waals surface area contributed by atoms with Crippen LogP contribution in [0.15, 0.2) is 0 Å². The summed E-state index contributed by atoms with van der Waals surface area (Å²) in [6.07, 6.45) is -34.6. The summed E-state index contributed by atoms with van der Waals surface area (Å²) in [7, 11) is 1.08. The molecule has 1 spiro atoms. The predicted octanol–water partition coefficient (Wildman–Crippen LogP) is -4.07. The monoisotopic (exact) mass is 1220 g/mol. The van der Waals surface area contributed by atoms with Crippen LogP contribution in [0.3, 0.4) is 0 Å². The van der Waals surface area contributed by atoms with Gasteiger partial charge in [-0.05, 0) is 98.2 Å². The van der Waals surface area contributed by atoms with Crippen LogP contribution in [-0.4, -0.2) is 276 Å². The number of rotatable bonds is 16. The highest BCUT2D eigenvalue weighted by molar-refractivity contribution is 5.75. The Morgan fingerprint density at radius 3 is 1.86 bits per heavy atom. The lowest BCUT2D eigenvalue weighted by atomic mass is 9.43. The first kappa shape index (κ1) is 65.9. The number of carbonyl (C=O) groups excluding carboxylic acids is 2. The molecule has 0 aromatic carbocycles. The van der Waals surface area contributed by atoms with Crippen molar-refractivity contribution in [1.29, 1.82) is 0 Å². The van der Waals surface area contributed by atoms with E-state index in [0.717, 1.165) is 39.2 Å². The van der Waals surface area contributed by atoms with E-state index < -0.39 is 203 Å². The van der Waals surface area contributed by atoms with Crippen LogP contribution in [0.5, 0.6) is 0 Å². The Kier molecular flexibility index (Phi) is 19.8. The number of hydrogen-bond acceptors (Lipinski definition) is 28. The van der Waals surface area contributed by atoms with Crippen LogP contribution in [0.1, 0.15) is 98.8 Å². The molecule has 10 rings (SSSR count). The maximum absolute atomic E-state index is 12.8. The normalized spacial score (nSPS) is 53.2. The highest BCUT2D eigenvalue weighted by Crippen LogP contribution is 2.71. The third-order valence-corrected chi connectivity index (χ3v) is 21.6. The van der Waals surface area contributed by atoms with E-state index in [4.69, 9.17) is 52.1 Å². The lowest BCUT2D eigenvalue weighted by Crippen LogP contribution is -2.68. The van der Waals surface area contributed by atoms with Gasteiger partial charge in [0.05, 0.1) is 83.0 Å². The van der Waals surface area contributed by atoms with Gasteiger partial charge in [-0.3, -0.25) is 9.59 Å². The molecule has 6 heterocycles. The minimum atomic E-state index is -2.12. The second-order valence-electron chi connectivity index (χ2n) is 27.1. The Labute approximate surface area is 492 Å². The third-order valence-electron chi connectivity index (χ3n) is 21.6. The van der Waals surface area contributed by atoms with Gasteiger partial charge in [0.15, 0.2) is 37.1 Å². The van der Waals surface area contributed by atoms with Gasteiger partial charge in [0.2, 0.25) is 0 Å². The second-order valence-corrected chi connectivity index (χ2v) is 27.1. The van der Waals surface area contributed by atoms with Crippen LogP contribution in [-0.2, 0) is 66.4 Å². The van der Waals surface area contributed by atoms with Crippen molar-refractivity contribution < 1.29 is 138 Å². The minimum absolute atomic E-state index is 0.0194. The van der Waals surface area contributed by atoms with Gasteiger partial charge in [-0.2, -0.15) is 0 Å². The Balaban J connectivity index is 0.825.